The number of nitrogens with two attached hydrogens (primary N) is 1. The van der Waals surface area contributed by atoms with Gasteiger partial charge in [0.15, 0.2) is 5.65 Å². The molecule has 0 aliphatic carbocycles. The van der Waals surface area contributed by atoms with Crippen LogP contribution in [0, 0.1) is 0 Å². The number of anilines is 4. The molecule has 0 atom stereocenters. The Labute approximate surface area is 185 Å². The first kappa shape index (κ1) is 20.2. The van der Waals surface area contributed by atoms with E-state index >= 15 is 0 Å². The summed E-state index contributed by atoms with van der Waals surface area (Å²) in [5, 5.41) is 6.47. The van der Waals surface area contributed by atoms with Crippen molar-refractivity contribution in [2.24, 2.45) is 5.73 Å². The standard InChI is InChI=1S/C22H25N9O/c23-7-8-24-18-6-1-15(13-25-18)19-20-21(27-14-26-20)30-22(29-19)28-16-2-4-17(5-3-16)31-9-11-32-12-10-31/h1-6,13-14H,7-12,23H2,(H,24,25)(H2,26,27,28,29,30). The fraction of sp³-hybridized carbons (Fsp3) is 0.273. The van der Waals surface area contributed by atoms with Crippen molar-refractivity contribution in [1.29, 1.82) is 0 Å². The van der Waals surface area contributed by atoms with E-state index in [-0.39, 0.29) is 0 Å². The van der Waals surface area contributed by atoms with Crippen molar-refractivity contribution in [3.8, 4) is 11.3 Å². The number of morpholine rings is 1. The molecule has 10 heteroatoms. The first-order valence-corrected chi connectivity index (χ1v) is 10.6. The molecule has 0 bridgehead atoms. The number of hydrogen-bond acceptors (Lipinski definition) is 9. The second kappa shape index (κ2) is 9.16. The minimum absolute atomic E-state index is 0.476. The summed E-state index contributed by atoms with van der Waals surface area (Å²) in [6.07, 6.45) is 3.40. The van der Waals surface area contributed by atoms with Crippen molar-refractivity contribution < 1.29 is 4.74 Å². The normalized spacial score (nSPS) is 14.0. The largest absolute Gasteiger partial charge is 0.378 e. The summed E-state index contributed by atoms with van der Waals surface area (Å²) in [5.41, 5.74) is 10.6. The van der Waals surface area contributed by atoms with Crippen LogP contribution >= 0.6 is 0 Å². The average Bonchev–Trinajstić information content (AvgIpc) is 3.32. The first-order chi connectivity index (χ1) is 15.8. The van der Waals surface area contributed by atoms with Crippen molar-refractivity contribution in [2.45, 2.75) is 0 Å². The molecule has 5 rings (SSSR count). The van der Waals surface area contributed by atoms with Crippen LogP contribution in [0.15, 0.2) is 48.9 Å². The maximum absolute atomic E-state index is 5.54. The van der Waals surface area contributed by atoms with Crippen LogP contribution in [-0.4, -0.2) is 64.3 Å². The van der Waals surface area contributed by atoms with Crippen LogP contribution < -0.4 is 21.3 Å². The summed E-state index contributed by atoms with van der Waals surface area (Å²) in [4.78, 5) is 23.5. The van der Waals surface area contributed by atoms with E-state index in [1.54, 1.807) is 12.5 Å². The number of aromatic nitrogens is 5. The number of hydrogen-bond donors (Lipinski definition) is 4. The van der Waals surface area contributed by atoms with E-state index in [9.17, 15) is 0 Å². The lowest BCUT2D eigenvalue weighted by Gasteiger charge is -2.28. The van der Waals surface area contributed by atoms with Crippen molar-refractivity contribution in [3.05, 3.63) is 48.9 Å². The molecule has 1 saturated heterocycles. The smallest absolute Gasteiger partial charge is 0.229 e. The Hall–Kier alpha value is -3.76. The minimum Gasteiger partial charge on any atom is -0.378 e. The van der Waals surface area contributed by atoms with E-state index in [2.05, 4.69) is 47.6 Å². The van der Waals surface area contributed by atoms with Gasteiger partial charge in [0, 0.05) is 49.3 Å². The van der Waals surface area contributed by atoms with Crippen LogP contribution in [0.5, 0.6) is 0 Å². The van der Waals surface area contributed by atoms with Gasteiger partial charge in [0.25, 0.3) is 0 Å². The minimum atomic E-state index is 0.476. The fourth-order valence-electron chi connectivity index (χ4n) is 3.64. The van der Waals surface area contributed by atoms with Gasteiger partial charge in [-0.3, -0.25) is 0 Å². The highest BCUT2D eigenvalue weighted by atomic mass is 16.5. The molecule has 1 aliphatic rings. The zero-order valence-corrected chi connectivity index (χ0v) is 17.6. The van der Waals surface area contributed by atoms with E-state index in [4.69, 9.17) is 15.5 Å². The zero-order valence-electron chi connectivity index (χ0n) is 17.6. The number of nitrogens with zero attached hydrogens (tertiary/aromatic N) is 5. The molecule has 0 unspecified atom stereocenters. The number of nitrogens with one attached hydrogen (secondary N) is 3. The highest BCUT2D eigenvalue weighted by Gasteiger charge is 2.14. The molecule has 0 spiro atoms. The van der Waals surface area contributed by atoms with Gasteiger partial charge in [0.05, 0.1) is 19.5 Å². The van der Waals surface area contributed by atoms with Gasteiger partial charge in [-0.05, 0) is 36.4 Å². The predicted molar refractivity (Wildman–Crippen MR) is 125 cm³/mol. The second-order valence-corrected chi connectivity index (χ2v) is 7.42. The zero-order chi connectivity index (χ0) is 21.8. The van der Waals surface area contributed by atoms with Crippen molar-refractivity contribution in [2.75, 3.05) is 54.9 Å². The molecule has 1 aliphatic heterocycles. The molecule has 3 aromatic heterocycles. The maximum Gasteiger partial charge on any atom is 0.229 e. The summed E-state index contributed by atoms with van der Waals surface area (Å²) in [6.45, 7) is 4.56. The van der Waals surface area contributed by atoms with E-state index in [1.165, 1.54) is 5.69 Å². The number of fused-ring (bicyclic) bond motifs is 1. The summed E-state index contributed by atoms with van der Waals surface area (Å²) >= 11 is 0. The molecule has 32 heavy (non-hydrogen) atoms. The lowest BCUT2D eigenvalue weighted by Crippen LogP contribution is -2.36. The highest BCUT2D eigenvalue weighted by Crippen LogP contribution is 2.27. The molecule has 4 aromatic rings. The van der Waals surface area contributed by atoms with Crippen molar-refractivity contribution in [3.63, 3.8) is 0 Å². The van der Waals surface area contributed by atoms with Gasteiger partial charge >= 0.3 is 0 Å². The fourth-order valence-corrected chi connectivity index (χ4v) is 3.64. The summed E-state index contributed by atoms with van der Waals surface area (Å²) < 4.78 is 5.43. The Morgan fingerprint density at radius 2 is 1.88 bits per heavy atom. The summed E-state index contributed by atoms with van der Waals surface area (Å²) in [5.74, 6) is 1.25. The molecule has 0 radical (unpaired) electrons. The van der Waals surface area contributed by atoms with Gasteiger partial charge in [0.2, 0.25) is 5.95 Å². The third-order valence-electron chi connectivity index (χ3n) is 5.27. The Bertz CT molecular complexity index is 1170. The molecular formula is C22H25N9O. The monoisotopic (exact) mass is 431 g/mol. The third-order valence-corrected chi connectivity index (χ3v) is 5.27. The van der Waals surface area contributed by atoms with Crippen LogP contribution in [0.3, 0.4) is 0 Å². The lowest BCUT2D eigenvalue weighted by atomic mass is 10.2. The number of ether oxygens (including phenoxy) is 1. The quantitative estimate of drug-likeness (QED) is 0.348. The summed E-state index contributed by atoms with van der Waals surface area (Å²) in [6, 6.07) is 12.1. The number of imidazole rings is 1. The van der Waals surface area contributed by atoms with Gasteiger partial charge in [-0.25, -0.2) is 15.0 Å². The van der Waals surface area contributed by atoms with Gasteiger partial charge in [-0.15, -0.1) is 0 Å². The first-order valence-electron chi connectivity index (χ1n) is 10.6. The number of H-pyrrole nitrogens is 1. The van der Waals surface area contributed by atoms with E-state index < -0.39 is 0 Å². The molecule has 4 heterocycles. The summed E-state index contributed by atoms with van der Waals surface area (Å²) in [7, 11) is 0. The molecule has 10 nitrogen and oxygen atoms in total. The molecule has 164 valence electrons. The van der Waals surface area contributed by atoms with E-state index in [1.807, 2.05) is 24.3 Å². The Morgan fingerprint density at radius 3 is 2.62 bits per heavy atom. The topological polar surface area (TPSA) is 130 Å². The van der Waals surface area contributed by atoms with Crippen LogP contribution in [-0.2, 0) is 4.74 Å². The predicted octanol–water partition coefficient (Wildman–Crippen LogP) is 2.37. The third kappa shape index (κ3) is 4.32. The number of rotatable bonds is 7. The van der Waals surface area contributed by atoms with Gasteiger partial charge in [0.1, 0.15) is 17.0 Å². The van der Waals surface area contributed by atoms with Crippen LogP contribution in [0.1, 0.15) is 0 Å². The maximum atomic E-state index is 5.54. The number of aromatic amines is 1. The van der Waals surface area contributed by atoms with Gasteiger partial charge in [-0.2, -0.15) is 4.98 Å². The van der Waals surface area contributed by atoms with Crippen LogP contribution in [0.2, 0.25) is 0 Å². The number of benzene rings is 1. The SMILES string of the molecule is NCCNc1ccc(-c2nc(Nc3ccc(N4CCOCC4)cc3)nc3nc[nH]c23)cn1. The Balaban J connectivity index is 1.39. The van der Waals surface area contributed by atoms with Crippen LogP contribution in [0.25, 0.3) is 22.4 Å². The Morgan fingerprint density at radius 1 is 1.03 bits per heavy atom. The molecule has 0 amide bonds. The molecule has 0 saturated carbocycles. The lowest BCUT2D eigenvalue weighted by molar-refractivity contribution is 0.122. The number of pyridine rings is 1. The molecular weight excluding hydrogens is 406 g/mol. The average molecular weight is 432 g/mol. The van der Waals surface area contributed by atoms with E-state index in [0.29, 0.717) is 24.7 Å². The van der Waals surface area contributed by atoms with Crippen molar-refractivity contribution >= 4 is 34.3 Å². The molecule has 1 fully saturated rings. The molecule has 1 aromatic carbocycles. The van der Waals surface area contributed by atoms with Gasteiger partial charge in [-0.1, -0.05) is 0 Å². The Kier molecular flexibility index (Phi) is 5.77. The molecule has 5 N–H and O–H groups in total. The van der Waals surface area contributed by atoms with Crippen LogP contribution in [0.4, 0.5) is 23.1 Å². The van der Waals surface area contributed by atoms with Gasteiger partial charge < -0.3 is 31.0 Å². The van der Waals surface area contributed by atoms with Crippen molar-refractivity contribution in [1.82, 2.24) is 24.9 Å². The highest BCUT2D eigenvalue weighted by molar-refractivity contribution is 5.88. The van der Waals surface area contributed by atoms with E-state index in [0.717, 1.165) is 54.6 Å². The second-order valence-electron chi connectivity index (χ2n) is 7.42.